The number of amides is 3. The Morgan fingerprint density at radius 3 is 2.32 bits per heavy atom. The molecule has 3 rings (SSSR count). The topological polar surface area (TPSA) is 70.2 Å². The van der Waals surface area contributed by atoms with E-state index >= 15 is 0 Å². The summed E-state index contributed by atoms with van der Waals surface area (Å²) in [5, 5.41) is 8.89. The van der Waals surface area contributed by atoms with Crippen LogP contribution in [0, 0.1) is 0 Å². The lowest BCUT2D eigenvalue weighted by atomic mass is 10.1. The van der Waals surface area contributed by atoms with Gasteiger partial charge >= 0.3 is 6.03 Å². The van der Waals surface area contributed by atoms with Crippen LogP contribution < -0.4 is 16.0 Å². The van der Waals surface area contributed by atoms with Crippen LogP contribution >= 0.6 is 11.6 Å². The van der Waals surface area contributed by atoms with E-state index in [4.69, 9.17) is 11.6 Å². The number of hydrogen-bond donors (Lipinski definition) is 3. The maximum atomic E-state index is 12.7. The summed E-state index contributed by atoms with van der Waals surface area (Å²) in [6.07, 6.45) is 0. The molecule has 0 unspecified atom stereocenters. The molecule has 0 heterocycles. The zero-order valence-electron chi connectivity index (χ0n) is 15.3. The summed E-state index contributed by atoms with van der Waals surface area (Å²) in [6.45, 7) is 1.91. The zero-order valence-corrected chi connectivity index (χ0v) is 16.0. The quantitative estimate of drug-likeness (QED) is 0.537. The van der Waals surface area contributed by atoms with Crippen molar-refractivity contribution in [1.82, 2.24) is 5.32 Å². The van der Waals surface area contributed by atoms with E-state index in [9.17, 15) is 9.59 Å². The van der Waals surface area contributed by atoms with Gasteiger partial charge in [-0.15, -0.1) is 0 Å². The van der Waals surface area contributed by atoms with E-state index in [1.807, 2.05) is 37.3 Å². The molecule has 3 aromatic rings. The summed E-state index contributed by atoms with van der Waals surface area (Å²) in [4.78, 5) is 25.0. The Balaban J connectivity index is 1.70. The molecule has 0 aliphatic rings. The summed E-state index contributed by atoms with van der Waals surface area (Å²) in [5.74, 6) is -0.269. The monoisotopic (exact) mass is 393 g/mol. The third-order valence-corrected chi connectivity index (χ3v) is 4.38. The highest BCUT2D eigenvalue weighted by molar-refractivity contribution is 6.30. The minimum absolute atomic E-state index is 0.165. The Labute approximate surface area is 168 Å². The molecule has 6 heteroatoms. The average molecular weight is 394 g/mol. The van der Waals surface area contributed by atoms with Gasteiger partial charge in [-0.25, -0.2) is 4.79 Å². The maximum Gasteiger partial charge on any atom is 0.323 e. The number of nitrogens with one attached hydrogen (secondary N) is 3. The molecular weight excluding hydrogens is 374 g/mol. The second-order valence-electron chi connectivity index (χ2n) is 6.24. The van der Waals surface area contributed by atoms with Crippen molar-refractivity contribution in [2.45, 2.75) is 13.0 Å². The van der Waals surface area contributed by atoms with Crippen molar-refractivity contribution < 1.29 is 9.59 Å². The van der Waals surface area contributed by atoms with E-state index in [1.165, 1.54) is 0 Å². The van der Waals surface area contributed by atoms with Gasteiger partial charge in [0.05, 0.1) is 17.3 Å². The van der Waals surface area contributed by atoms with E-state index in [1.54, 1.807) is 48.5 Å². The third-order valence-electron chi connectivity index (χ3n) is 4.15. The Bertz CT molecular complexity index is 976. The number of anilines is 2. The minimum atomic E-state index is -0.460. The second-order valence-corrected chi connectivity index (χ2v) is 6.68. The minimum Gasteiger partial charge on any atom is -0.345 e. The van der Waals surface area contributed by atoms with Crippen molar-refractivity contribution in [1.29, 1.82) is 0 Å². The second kappa shape index (κ2) is 9.06. The Morgan fingerprint density at radius 1 is 0.857 bits per heavy atom. The van der Waals surface area contributed by atoms with Crippen LogP contribution in [0.1, 0.15) is 28.9 Å². The van der Waals surface area contributed by atoms with Crippen LogP contribution in [0.15, 0.2) is 78.9 Å². The Hall–Kier alpha value is -3.31. The molecule has 0 saturated carbocycles. The van der Waals surface area contributed by atoms with Crippen molar-refractivity contribution in [3.8, 4) is 0 Å². The number of carbonyl (C=O) groups is 2. The number of urea groups is 1. The van der Waals surface area contributed by atoms with Crippen LogP contribution in [0.5, 0.6) is 0 Å². The summed E-state index contributed by atoms with van der Waals surface area (Å²) in [5.41, 5.74) is 2.36. The zero-order chi connectivity index (χ0) is 19.9. The van der Waals surface area contributed by atoms with Gasteiger partial charge in [0.15, 0.2) is 0 Å². The predicted molar refractivity (Wildman–Crippen MR) is 113 cm³/mol. The fourth-order valence-electron chi connectivity index (χ4n) is 2.74. The van der Waals surface area contributed by atoms with Gasteiger partial charge in [-0.05, 0) is 42.8 Å². The first-order valence-electron chi connectivity index (χ1n) is 8.81. The van der Waals surface area contributed by atoms with Gasteiger partial charge in [0, 0.05) is 10.7 Å². The molecule has 0 spiro atoms. The van der Waals surface area contributed by atoms with E-state index in [0.29, 0.717) is 22.0 Å². The first-order valence-corrected chi connectivity index (χ1v) is 9.19. The van der Waals surface area contributed by atoms with Crippen molar-refractivity contribution in [2.24, 2.45) is 0 Å². The van der Waals surface area contributed by atoms with E-state index in [-0.39, 0.29) is 11.9 Å². The molecule has 5 nitrogen and oxygen atoms in total. The SMILES string of the molecule is C[C@@H](NC(=O)c1ccccc1NC(=O)Nc1cccc(Cl)c1)c1ccccc1. The van der Waals surface area contributed by atoms with Crippen LogP contribution in [0.3, 0.4) is 0 Å². The molecule has 0 radical (unpaired) electrons. The van der Waals surface area contributed by atoms with Crippen molar-refractivity contribution in [3.05, 3.63) is 95.0 Å². The molecule has 0 saturated heterocycles. The fourth-order valence-corrected chi connectivity index (χ4v) is 2.93. The van der Waals surface area contributed by atoms with Gasteiger partial charge in [0.1, 0.15) is 0 Å². The molecule has 0 bridgehead atoms. The molecule has 0 aliphatic carbocycles. The van der Waals surface area contributed by atoms with Crippen LogP contribution in [0.4, 0.5) is 16.2 Å². The number of benzene rings is 3. The van der Waals surface area contributed by atoms with E-state index in [2.05, 4.69) is 16.0 Å². The van der Waals surface area contributed by atoms with Gasteiger partial charge in [-0.3, -0.25) is 4.79 Å². The molecule has 0 aromatic heterocycles. The van der Waals surface area contributed by atoms with Crippen molar-refractivity contribution in [3.63, 3.8) is 0 Å². The highest BCUT2D eigenvalue weighted by Crippen LogP contribution is 2.19. The van der Waals surface area contributed by atoms with Crippen molar-refractivity contribution in [2.75, 3.05) is 10.6 Å². The first-order chi connectivity index (χ1) is 13.5. The van der Waals surface area contributed by atoms with Gasteiger partial charge < -0.3 is 16.0 Å². The lowest BCUT2D eigenvalue weighted by molar-refractivity contribution is 0.0941. The molecule has 3 amide bonds. The number of hydrogen-bond acceptors (Lipinski definition) is 2. The van der Waals surface area contributed by atoms with Crippen molar-refractivity contribution >= 4 is 34.9 Å². The molecule has 0 aliphatic heterocycles. The standard InChI is InChI=1S/C22H20ClN3O2/c1-15(16-8-3-2-4-9-16)24-21(27)19-12-5-6-13-20(19)26-22(28)25-18-11-7-10-17(23)14-18/h2-15H,1H3,(H,24,27)(H2,25,26,28)/t15-/m1/s1. The summed E-state index contributed by atoms with van der Waals surface area (Å²) >= 11 is 5.93. The summed E-state index contributed by atoms with van der Waals surface area (Å²) in [6, 6.07) is 22.7. The predicted octanol–water partition coefficient (Wildman–Crippen LogP) is 5.48. The van der Waals surface area contributed by atoms with Gasteiger partial charge in [-0.2, -0.15) is 0 Å². The lowest BCUT2D eigenvalue weighted by Gasteiger charge is -2.16. The molecule has 0 fully saturated rings. The largest absolute Gasteiger partial charge is 0.345 e. The highest BCUT2D eigenvalue weighted by Gasteiger charge is 2.16. The van der Waals surface area contributed by atoms with Crippen LogP contribution in [0.2, 0.25) is 5.02 Å². The molecule has 1 atom stereocenters. The number of para-hydroxylation sites is 1. The summed E-state index contributed by atoms with van der Waals surface area (Å²) < 4.78 is 0. The number of carbonyl (C=O) groups excluding carboxylic acids is 2. The van der Waals surface area contributed by atoms with E-state index < -0.39 is 6.03 Å². The van der Waals surface area contributed by atoms with E-state index in [0.717, 1.165) is 5.56 Å². The maximum absolute atomic E-state index is 12.7. The first kappa shape index (κ1) is 19.5. The van der Waals surface area contributed by atoms with Gasteiger partial charge in [0.25, 0.3) is 5.91 Å². The number of rotatable bonds is 5. The summed E-state index contributed by atoms with van der Waals surface area (Å²) in [7, 11) is 0. The van der Waals surface area contributed by atoms with Crippen LogP contribution in [-0.2, 0) is 0 Å². The molecular formula is C22H20ClN3O2. The third kappa shape index (κ3) is 5.11. The van der Waals surface area contributed by atoms with Crippen LogP contribution in [0.25, 0.3) is 0 Å². The smallest absolute Gasteiger partial charge is 0.323 e. The highest BCUT2D eigenvalue weighted by atomic mass is 35.5. The molecule has 142 valence electrons. The molecule has 28 heavy (non-hydrogen) atoms. The Morgan fingerprint density at radius 2 is 1.57 bits per heavy atom. The van der Waals surface area contributed by atoms with Crippen LogP contribution in [-0.4, -0.2) is 11.9 Å². The van der Waals surface area contributed by atoms with Gasteiger partial charge in [-0.1, -0.05) is 60.1 Å². The Kier molecular flexibility index (Phi) is 6.29. The fraction of sp³-hybridized carbons (Fsp3) is 0.0909. The normalized spacial score (nSPS) is 11.4. The lowest BCUT2D eigenvalue weighted by Crippen LogP contribution is -2.28. The molecule has 3 aromatic carbocycles. The van der Waals surface area contributed by atoms with Gasteiger partial charge in [0.2, 0.25) is 0 Å². The average Bonchev–Trinajstić information content (AvgIpc) is 2.69. The number of halogens is 1. The molecule has 3 N–H and O–H groups in total.